The summed E-state index contributed by atoms with van der Waals surface area (Å²) in [5, 5.41) is 4.28. The number of aromatic nitrogens is 3. The highest BCUT2D eigenvalue weighted by Crippen LogP contribution is 2.40. The van der Waals surface area contributed by atoms with Gasteiger partial charge in [-0.1, -0.05) is 6.07 Å². The topological polar surface area (TPSA) is 117 Å². The van der Waals surface area contributed by atoms with Crippen LogP contribution in [0.2, 0.25) is 0 Å². The number of nitrogens with zero attached hydrogens (tertiary/aromatic N) is 3. The van der Waals surface area contributed by atoms with E-state index in [2.05, 4.69) is 14.3 Å². The predicted octanol–water partition coefficient (Wildman–Crippen LogP) is 4.50. The summed E-state index contributed by atoms with van der Waals surface area (Å²) in [7, 11) is -4.92. The van der Waals surface area contributed by atoms with Crippen LogP contribution >= 0.6 is 0 Å². The van der Waals surface area contributed by atoms with E-state index in [-0.39, 0.29) is 5.69 Å². The van der Waals surface area contributed by atoms with Crippen molar-refractivity contribution in [2.24, 2.45) is 5.73 Å². The summed E-state index contributed by atoms with van der Waals surface area (Å²) in [4.78, 5) is 14.1. The number of nitrogens with two attached hydrogens (primary N) is 1. The Bertz CT molecular complexity index is 1540. The summed E-state index contributed by atoms with van der Waals surface area (Å²) in [6, 6.07) is 7.84. The fraction of sp³-hybridized carbons (Fsp3) is 0.0870. The first-order chi connectivity index (χ1) is 16.6. The minimum atomic E-state index is -4.92. The minimum absolute atomic E-state index is 0.0796. The van der Waals surface area contributed by atoms with E-state index in [0.717, 1.165) is 30.3 Å². The molecule has 0 unspecified atom stereocenters. The number of carbonyl (C=O) groups excluding carboxylic acids is 1. The van der Waals surface area contributed by atoms with Crippen LogP contribution in [0.4, 0.5) is 18.0 Å². The molecule has 0 fully saturated rings. The number of amides is 1. The molecule has 8 nitrogen and oxygen atoms in total. The summed E-state index contributed by atoms with van der Waals surface area (Å²) >= 11 is 0. The summed E-state index contributed by atoms with van der Waals surface area (Å²) in [5.41, 5.74) is 3.74. The summed E-state index contributed by atoms with van der Waals surface area (Å²) in [5.74, 6) is -3.41. The van der Waals surface area contributed by atoms with Crippen LogP contribution in [0, 0.1) is 17.5 Å². The maximum Gasteiger partial charge on any atom is 0.420 e. The third kappa shape index (κ3) is 4.47. The Morgan fingerprint density at radius 2 is 1.69 bits per heavy atom. The van der Waals surface area contributed by atoms with Crippen molar-refractivity contribution in [1.29, 1.82) is 0 Å². The molecule has 0 saturated carbocycles. The standard InChI is InChI=1S/C23H17F3N4O4S/c1-2-30-12-15(13-8-10-28-11-9-13)22(29-30)20-17(25)7-6-14(21(20)26)19-16(24)4-3-5-18(19)35(32,33)34-23(27)31/h3-12H,2H2,1H3,(H2,27,31). The third-order valence-electron chi connectivity index (χ3n) is 5.11. The molecule has 2 aromatic carbocycles. The Kier molecular flexibility index (Phi) is 6.31. The van der Waals surface area contributed by atoms with Crippen LogP contribution < -0.4 is 5.73 Å². The zero-order valence-corrected chi connectivity index (χ0v) is 18.9. The SMILES string of the molecule is CCn1cc(-c2ccncc2)c(-c2c(F)ccc(-c3c(F)cccc3S(=O)(=O)OC(N)=O)c2F)n1. The number of primary amides is 1. The van der Waals surface area contributed by atoms with E-state index in [1.54, 1.807) is 25.3 Å². The second-order valence-electron chi connectivity index (χ2n) is 7.24. The monoisotopic (exact) mass is 502 g/mol. The van der Waals surface area contributed by atoms with E-state index in [4.69, 9.17) is 5.73 Å². The Balaban J connectivity index is 2.00. The van der Waals surface area contributed by atoms with Gasteiger partial charge in [-0.2, -0.15) is 13.5 Å². The first-order valence-corrected chi connectivity index (χ1v) is 11.5. The van der Waals surface area contributed by atoms with Crippen molar-refractivity contribution in [2.75, 3.05) is 0 Å². The molecular weight excluding hydrogens is 485 g/mol. The van der Waals surface area contributed by atoms with Crippen LogP contribution in [0.25, 0.3) is 33.5 Å². The van der Waals surface area contributed by atoms with Crippen molar-refractivity contribution < 1.29 is 30.6 Å². The lowest BCUT2D eigenvalue weighted by atomic mass is 9.96. The van der Waals surface area contributed by atoms with Gasteiger partial charge in [0.15, 0.2) is 0 Å². The zero-order valence-electron chi connectivity index (χ0n) is 18.1. The lowest BCUT2D eigenvalue weighted by molar-refractivity contribution is 0.212. The van der Waals surface area contributed by atoms with Gasteiger partial charge in [0.2, 0.25) is 0 Å². The van der Waals surface area contributed by atoms with E-state index in [0.29, 0.717) is 17.7 Å². The largest absolute Gasteiger partial charge is 0.420 e. The third-order valence-corrected chi connectivity index (χ3v) is 6.37. The van der Waals surface area contributed by atoms with Gasteiger partial charge in [-0.05, 0) is 48.9 Å². The van der Waals surface area contributed by atoms with Gasteiger partial charge in [-0.3, -0.25) is 9.67 Å². The molecule has 0 spiro atoms. The van der Waals surface area contributed by atoms with Gasteiger partial charge in [0.05, 0.1) is 5.56 Å². The maximum atomic E-state index is 15.9. The van der Waals surface area contributed by atoms with Crippen molar-refractivity contribution in [1.82, 2.24) is 14.8 Å². The van der Waals surface area contributed by atoms with E-state index in [9.17, 15) is 17.6 Å². The van der Waals surface area contributed by atoms with Crippen LogP contribution in [0.15, 0.2) is 66.0 Å². The summed E-state index contributed by atoms with van der Waals surface area (Å²) in [6.07, 6.45) is 2.94. The highest BCUT2D eigenvalue weighted by atomic mass is 32.2. The van der Waals surface area contributed by atoms with Crippen LogP contribution in [-0.4, -0.2) is 29.3 Å². The fourth-order valence-corrected chi connectivity index (χ4v) is 4.61. The molecule has 0 atom stereocenters. The van der Waals surface area contributed by atoms with Crippen molar-refractivity contribution in [3.63, 3.8) is 0 Å². The second-order valence-corrected chi connectivity index (χ2v) is 8.75. The minimum Gasteiger partial charge on any atom is -0.334 e. The predicted molar refractivity (Wildman–Crippen MR) is 120 cm³/mol. The Morgan fingerprint density at radius 3 is 2.34 bits per heavy atom. The number of pyridine rings is 1. The molecule has 2 heterocycles. The maximum absolute atomic E-state index is 15.9. The Labute approximate surface area is 197 Å². The molecule has 0 bridgehead atoms. The molecule has 0 saturated heterocycles. The van der Waals surface area contributed by atoms with Gasteiger partial charge in [0.1, 0.15) is 28.0 Å². The van der Waals surface area contributed by atoms with Gasteiger partial charge < -0.3 is 9.92 Å². The Hall–Kier alpha value is -4.19. The lowest BCUT2D eigenvalue weighted by Crippen LogP contribution is -2.19. The molecule has 2 N–H and O–H groups in total. The fourth-order valence-electron chi connectivity index (χ4n) is 3.60. The summed E-state index contributed by atoms with van der Waals surface area (Å²) < 4.78 is 76.5. The van der Waals surface area contributed by atoms with Gasteiger partial charge >= 0.3 is 16.2 Å². The molecule has 1 amide bonds. The lowest BCUT2D eigenvalue weighted by Gasteiger charge is -2.14. The molecule has 35 heavy (non-hydrogen) atoms. The molecule has 180 valence electrons. The number of benzene rings is 2. The average Bonchev–Trinajstić information content (AvgIpc) is 3.23. The highest BCUT2D eigenvalue weighted by Gasteiger charge is 2.30. The highest BCUT2D eigenvalue weighted by molar-refractivity contribution is 7.87. The van der Waals surface area contributed by atoms with Crippen LogP contribution in [-0.2, 0) is 20.8 Å². The number of rotatable bonds is 6. The van der Waals surface area contributed by atoms with Crippen molar-refractivity contribution >= 4 is 16.2 Å². The van der Waals surface area contributed by atoms with Gasteiger partial charge in [-0.25, -0.2) is 18.0 Å². The van der Waals surface area contributed by atoms with E-state index in [1.165, 1.54) is 17.1 Å². The smallest absolute Gasteiger partial charge is 0.334 e. The van der Waals surface area contributed by atoms with Crippen molar-refractivity contribution in [2.45, 2.75) is 18.4 Å². The molecule has 4 rings (SSSR count). The molecule has 0 radical (unpaired) electrons. The van der Waals surface area contributed by atoms with Crippen LogP contribution in [0.1, 0.15) is 6.92 Å². The van der Waals surface area contributed by atoms with Gasteiger partial charge in [-0.15, -0.1) is 0 Å². The molecule has 0 aliphatic carbocycles. The van der Waals surface area contributed by atoms with E-state index < -0.39 is 55.2 Å². The van der Waals surface area contributed by atoms with Gasteiger partial charge in [0, 0.05) is 41.8 Å². The summed E-state index contributed by atoms with van der Waals surface area (Å²) in [6.45, 7) is 2.17. The molecule has 4 aromatic rings. The van der Waals surface area contributed by atoms with Crippen LogP contribution in [0.3, 0.4) is 0 Å². The zero-order chi connectivity index (χ0) is 25.3. The normalized spacial score (nSPS) is 11.4. The molecule has 0 aliphatic heterocycles. The molecule has 2 aromatic heterocycles. The molecule has 12 heteroatoms. The number of halogens is 3. The number of carbonyl (C=O) groups is 1. The number of aryl methyl sites for hydroxylation is 1. The average molecular weight is 502 g/mol. The number of hydrogen-bond donors (Lipinski definition) is 1. The van der Waals surface area contributed by atoms with Crippen molar-refractivity contribution in [3.8, 4) is 33.5 Å². The molecular formula is C23H17F3N4O4S. The van der Waals surface area contributed by atoms with Crippen LogP contribution in [0.5, 0.6) is 0 Å². The van der Waals surface area contributed by atoms with Gasteiger partial charge in [0.25, 0.3) is 0 Å². The second kappa shape index (κ2) is 9.22. The quantitative estimate of drug-likeness (QED) is 0.388. The molecule has 0 aliphatic rings. The van der Waals surface area contributed by atoms with E-state index >= 15 is 8.78 Å². The number of hydrogen-bond acceptors (Lipinski definition) is 6. The first-order valence-electron chi connectivity index (χ1n) is 10.1. The Morgan fingerprint density at radius 1 is 1.00 bits per heavy atom. The first kappa shape index (κ1) is 24.0. The van der Waals surface area contributed by atoms with Crippen molar-refractivity contribution in [3.05, 3.63) is 78.5 Å². The van der Waals surface area contributed by atoms with E-state index in [1.807, 2.05) is 0 Å².